The van der Waals surface area contributed by atoms with Crippen molar-refractivity contribution in [3.05, 3.63) is 17.0 Å². The number of aliphatic imine (C=N–C) groups is 1. The standard InChI is InChI=1S/C19H34N6O2.HI/c1-7-27-19(26)23-17(15-8-9-15)11-21-18(20-5)22-12(2)10-16-13(3)24-25(6)14(16)4;/h12,15,17H,7-11H2,1-6H3,(H,23,26)(H2,20,21,22);1H. The zero-order valence-electron chi connectivity index (χ0n) is 17.8. The van der Waals surface area contributed by atoms with Crippen molar-refractivity contribution in [2.24, 2.45) is 18.0 Å². The fourth-order valence-corrected chi connectivity index (χ4v) is 3.26. The number of hydrogen-bond donors (Lipinski definition) is 3. The van der Waals surface area contributed by atoms with Crippen molar-refractivity contribution in [2.75, 3.05) is 20.2 Å². The van der Waals surface area contributed by atoms with Crippen molar-refractivity contribution in [1.29, 1.82) is 0 Å². The van der Waals surface area contributed by atoms with Crippen LogP contribution in [0.1, 0.15) is 43.6 Å². The lowest BCUT2D eigenvalue weighted by Gasteiger charge is -2.22. The van der Waals surface area contributed by atoms with Crippen molar-refractivity contribution in [3.8, 4) is 0 Å². The summed E-state index contributed by atoms with van der Waals surface area (Å²) in [4.78, 5) is 16.0. The highest BCUT2D eigenvalue weighted by molar-refractivity contribution is 14.0. The molecule has 9 heteroatoms. The van der Waals surface area contributed by atoms with E-state index in [1.54, 1.807) is 7.05 Å². The van der Waals surface area contributed by atoms with E-state index in [9.17, 15) is 4.79 Å². The van der Waals surface area contributed by atoms with E-state index in [1.807, 2.05) is 25.6 Å². The van der Waals surface area contributed by atoms with Crippen LogP contribution in [0.4, 0.5) is 4.79 Å². The lowest BCUT2D eigenvalue weighted by Crippen LogP contribution is -2.50. The molecule has 8 nitrogen and oxygen atoms in total. The molecule has 0 radical (unpaired) electrons. The maximum atomic E-state index is 11.7. The van der Waals surface area contributed by atoms with Crippen LogP contribution in [0.3, 0.4) is 0 Å². The van der Waals surface area contributed by atoms with Gasteiger partial charge in [0.15, 0.2) is 5.96 Å². The van der Waals surface area contributed by atoms with Crippen molar-refractivity contribution in [3.63, 3.8) is 0 Å². The quantitative estimate of drug-likeness (QED) is 0.286. The largest absolute Gasteiger partial charge is 0.450 e. The molecule has 0 saturated heterocycles. The summed E-state index contributed by atoms with van der Waals surface area (Å²) in [6.45, 7) is 9.09. The molecule has 1 heterocycles. The average Bonchev–Trinajstić information content (AvgIpc) is 3.42. The van der Waals surface area contributed by atoms with Gasteiger partial charge >= 0.3 is 6.09 Å². The minimum atomic E-state index is -0.352. The van der Waals surface area contributed by atoms with Gasteiger partial charge in [-0.3, -0.25) is 9.67 Å². The monoisotopic (exact) mass is 506 g/mol. The molecule has 1 aromatic rings. The Labute approximate surface area is 185 Å². The van der Waals surface area contributed by atoms with Gasteiger partial charge in [-0.2, -0.15) is 5.10 Å². The van der Waals surface area contributed by atoms with E-state index < -0.39 is 0 Å². The minimum absolute atomic E-state index is 0. The molecule has 3 N–H and O–H groups in total. The number of nitrogens with one attached hydrogen (secondary N) is 3. The third-order valence-electron chi connectivity index (χ3n) is 5.04. The number of ether oxygens (including phenoxy) is 1. The van der Waals surface area contributed by atoms with Crippen molar-refractivity contribution in [2.45, 2.75) is 59.0 Å². The Bertz CT molecular complexity index is 672. The maximum Gasteiger partial charge on any atom is 0.407 e. The normalized spacial score (nSPS) is 16.0. The van der Waals surface area contributed by atoms with E-state index >= 15 is 0 Å². The number of carbonyl (C=O) groups is 1. The number of rotatable bonds is 8. The molecule has 1 fully saturated rings. The third-order valence-corrected chi connectivity index (χ3v) is 5.04. The van der Waals surface area contributed by atoms with Crippen LogP contribution in [-0.2, 0) is 18.2 Å². The first kappa shape index (κ1) is 24.5. The van der Waals surface area contributed by atoms with Crippen molar-refractivity contribution in [1.82, 2.24) is 25.7 Å². The van der Waals surface area contributed by atoms with Gasteiger partial charge in [0.25, 0.3) is 0 Å². The average molecular weight is 506 g/mol. The van der Waals surface area contributed by atoms with E-state index in [2.05, 4.69) is 39.9 Å². The fourth-order valence-electron chi connectivity index (χ4n) is 3.26. The summed E-state index contributed by atoms with van der Waals surface area (Å²) in [5.41, 5.74) is 3.53. The second-order valence-electron chi connectivity index (χ2n) is 7.28. The number of nitrogens with zero attached hydrogens (tertiary/aromatic N) is 3. The molecular formula is C19H35IN6O2. The van der Waals surface area contributed by atoms with Crippen molar-refractivity contribution < 1.29 is 9.53 Å². The zero-order valence-corrected chi connectivity index (χ0v) is 20.2. The second-order valence-corrected chi connectivity index (χ2v) is 7.28. The van der Waals surface area contributed by atoms with Gasteiger partial charge < -0.3 is 20.7 Å². The number of aryl methyl sites for hydroxylation is 2. The van der Waals surface area contributed by atoms with E-state index in [1.165, 1.54) is 11.3 Å². The summed E-state index contributed by atoms with van der Waals surface area (Å²) < 4.78 is 6.93. The fraction of sp³-hybridized carbons (Fsp3) is 0.737. The van der Waals surface area contributed by atoms with E-state index in [0.29, 0.717) is 19.1 Å². The summed E-state index contributed by atoms with van der Waals surface area (Å²) in [6, 6.07) is 0.260. The molecule has 0 aromatic carbocycles. The van der Waals surface area contributed by atoms with E-state index in [4.69, 9.17) is 4.74 Å². The number of aromatic nitrogens is 2. The van der Waals surface area contributed by atoms with Crippen LogP contribution in [0.2, 0.25) is 0 Å². The molecule has 0 spiro atoms. The van der Waals surface area contributed by atoms with Crippen LogP contribution in [0, 0.1) is 19.8 Å². The number of amides is 1. The molecule has 1 amide bonds. The van der Waals surface area contributed by atoms with Crippen LogP contribution >= 0.6 is 24.0 Å². The predicted molar refractivity (Wildman–Crippen MR) is 122 cm³/mol. The number of hydrogen-bond acceptors (Lipinski definition) is 4. The SMILES string of the molecule is CCOC(=O)NC(CNC(=NC)NC(C)Cc1c(C)nn(C)c1C)C1CC1.I. The summed E-state index contributed by atoms with van der Waals surface area (Å²) >= 11 is 0. The molecule has 2 unspecified atom stereocenters. The van der Waals surface area contributed by atoms with Crippen LogP contribution in [-0.4, -0.2) is 54.1 Å². The van der Waals surface area contributed by atoms with Gasteiger partial charge in [-0.1, -0.05) is 0 Å². The lowest BCUT2D eigenvalue weighted by atomic mass is 10.1. The molecule has 1 aliphatic carbocycles. The maximum absolute atomic E-state index is 11.7. The Morgan fingerprint density at radius 3 is 2.54 bits per heavy atom. The number of carbonyl (C=O) groups excluding carboxylic acids is 1. The highest BCUT2D eigenvalue weighted by Crippen LogP contribution is 2.32. The highest BCUT2D eigenvalue weighted by Gasteiger charge is 2.32. The Morgan fingerprint density at radius 1 is 1.36 bits per heavy atom. The first-order chi connectivity index (χ1) is 12.8. The van der Waals surface area contributed by atoms with E-state index in [-0.39, 0.29) is 42.2 Å². The Kier molecular flexibility index (Phi) is 10.0. The Hall–Kier alpha value is -1.52. The molecule has 2 atom stereocenters. The molecule has 28 heavy (non-hydrogen) atoms. The van der Waals surface area contributed by atoms with E-state index in [0.717, 1.165) is 30.9 Å². The third kappa shape index (κ3) is 7.14. The minimum Gasteiger partial charge on any atom is -0.450 e. The Morgan fingerprint density at radius 2 is 2.04 bits per heavy atom. The van der Waals surface area contributed by atoms with Crippen LogP contribution in [0.5, 0.6) is 0 Å². The summed E-state index contributed by atoms with van der Waals surface area (Å²) in [5, 5.41) is 14.2. The van der Waals surface area contributed by atoms with Crippen molar-refractivity contribution >= 4 is 36.0 Å². The first-order valence-electron chi connectivity index (χ1n) is 9.75. The molecule has 1 aliphatic rings. The molecular weight excluding hydrogens is 471 g/mol. The molecule has 2 rings (SSSR count). The molecule has 1 saturated carbocycles. The number of guanidine groups is 1. The second kappa shape index (κ2) is 11.5. The zero-order chi connectivity index (χ0) is 20.0. The van der Waals surface area contributed by atoms with Gasteiger partial charge in [0.1, 0.15) is 0 Å². The van der Waals surface area contributed by atoms with Gasteiger partial charge in [0, 0.05) is 32.4 Å². The molecule has 1 aromatic heterocycles. The summed E-state index contributed by atoms with van der Waals surface area (Å²) in [6.07, 6.45) is 2.80. The first-order valence-corrected chi connectivity index (χ1v) is 9.75. The van der Waals surface area contributed by atoms with Crippen LogP contribution in [0.15, 0.2) is 4.99 Å². The smallest absolute Gasteiger partial charge is 0.407 e. The molecule has 0 bridgehead atoms. The number of alkyl carbamates (subject to hydrolysis) is 1. The predicted octanol–water partition coefficient (Wildman–Crippen LogP) is 2.28. The van der Waals surface area contributed by atoms with Gasteiger partial charge in [0.05, 0.1) is 18.3 Å². The Balaban J connectivity index is 0.00000392. The molecule has 160 valence electrons. The van der Waals surface area contributed by atoms with Gasteiger partial charge in [-0.25, -0.2) is 4.79 Å². The van der Waals surface area contributed by atoms with Gasteiger partial charge in [0.2, 0.25) is 0 Å². The molecule has 0 aliphatic heterocycles. The summed E-state index contributed by atoms with van der Waals surface area (Å²) in [5.74, 6) is 1.25. The number of halogens is 1. The summed E-state index contributed by atoms with van der Waals surface area (Å²) in [7, 11) is 3.73. The van der Waals surface area contributed by atoms with Crippen LogP contribution < -0.4 is 16.0 Å². The van der Waals surface area contributed by atoms with Gasteiger partial charge in [-0.15, -0.1) is 24.0 Å². The lowest BCUT2D eigenvalue weighted by molar-refractivity contribution is 0.146. The van der Waals surface area contributed by atoms with Gasteiger partial charge in [-0.05, 0) is 58.4 Å². The topological polar surface area (TPSA) is 92.6 Å². The highest BCUT2D eigenvalue weighted by atomic mass is 127. The van der Waals surface area contributed by atoms with Crippen LogP contribution in [0.25, 0.3) is 0 Å².